The highest BCUT2D eigenvalue weighted by atomic mass is 32.2. The van der Waals surface area contributed by atoms with E-state index in [4.69, 9.17) is 4.52 Å². The number of thioether (sulfide) groups is 1. The fourth-order valence-corrected chi connectivity index (χ4v) is 4.51. The molecule has 1 amide bonds. The minimum absolute atomic E-state index is 0.0404. The van der Waals surface area contributed by atoms with Crippen molar-refractivity contribution < 1.29 is 9.32 Å². The summed E-state index contributed by atoms with van der Waals surface area (Å²) >= 11 is 1.38. The molecule has 0 bridgehead atoms. The van der Waals surface area contributed by atoms with Gasteiger partial charge in [-0.3, -0.25) is 9.36 Å². The monoisotopic (exact) mass is 426 g/mol. The molecular formula is C21H26N6O2S. The van der Waals surface area contributed by atoms with Gasteiger partial charge in [-0.1, -0.05) is 59.9 Å². The number of hydrogen-bond acceptors (Lipinski definition) is 7. The molecular weight excluding hydrogens is 400 g/mol. The van der Waals surface area contributed by atoms with E-state index in [1.54, 1.807) is 0 Å². The largest absolute Gasteiger partial charge is 0.353 e. The first kappa shape index (κ1) is 20.6. The number of carbonyl (C=O) groups excluding carboxylic acids is 1. The van der Waals surface area contributed by atoms with Crippen molar-refractivity contribution in [2.45, 2.75) is 63.7 Å². The van der Waals surface area contributed by atoms with Gasteiger partial charge in [-0.05, 0) is 32.8 Å². The smallest absolute Gasteiger partial charge is 0.296 e. The third-order valence-electron chi connectivity index (χ3n) is 5.23. The summed E-state index contributed by atoms with van der Waals surface area (Å²) in [4.78, 5) is 16.8. The second kappa shape index (κ2) is 9.42. The summed E-state index contributed by atoms with van der Waals surface area (Å²) in [6.07, 6.45) is 5.81. The third kappa shape index (κ3) is 4.72. The molecule has 1 saturated carbocycles. The van der Waals surface area contributed by atoms with Crippen molar-refractivity contribution >= 4 is 17.7 Å². The van der Waals surface area contributed by atoms with E-state index in [1.807, 2.05) is 42.7 Å². The highest BCUT2D eigenvalue weighted by molar-refractivity contribution is 7.99. The average Bonchev–Trinajstić information content (AvgIpc) is 3.39. The van der Waals surface area contributed by atoms with Gasteiger partial charge in [0.25, 0.3) is 5.89 Å². The number of rotatable bonds is 7. The molecule has 2 heterocycles. The fraction of sp³-hybridized carbons (Fsp3) is 0.476. The summed E-state index contributed by atoms with van der Waals surface area (Å²) in [6, 6.07) is 8.24. The Morgan fingerprint density at radius 3 is 2.87 bits per heavy atom. The zero-order valence-corrected chi connectivity index (χ0v) is 18.1. The summed E-state index contributed by atoms with van der Waals surface area (Å²) in [5, 5.41) is 16.4. The van der Waals surface area contributed by atoms with Crippen molar-refractivity contribution in [3.63, 3.8) is 0 Å². The quantitative estimate of drug-likeness (QED) is 0.573. The molecule has 0 saturated heterocycles. The summed E-state index contributed by atoms with van der Waals surface area (Å²) in [7, 11) is 0. The first-order valence-electron chi connectivity index (χ1n) is 10.4. The molecule has 0 aliphatic heterocycles. The van der Waals surface area contributed by atoms with E-state index in [1.165, 1.54) is 31.0 Å². The summed E-state index contributed by atoms with van der Waals surface area (Å²) in [6.45, 7) is 4.65. The van der Waals surface area contributed by atoms with Crippen molar-refractivity contribution in [3.05, 3.63) is 29.8 Å². The van der Waals surface area contributed by atoms with Crippen LogP contribution in [0, 0.1) is 6.92 Å². The molecule has 0 atom stereocenters. The molecule has 30 heavy (non-hydrogen) atoms. The van der Waals surface area contributed by atoms with Crippen molar-refractivity contribution in [1.29, 1.82) is 0 Å². The molecule has 3 aromatic rings. The van der Waals surface area contributed by atoms with E-state index in [9.17, 15) is 4.79 Å². The van der Waals surface area contributed by atoms with Gasteiger partial charge >= 0.3 is 0 Å². The van der Waals surface area contributed by atoms with E-state index in [0.29, 0.717) is 41.0 Å². The summed E-state index contributed by atoms with van der Waals surface area (Å²) in [5.74, 6) is 1.70. The van der Waals surface area contributed by atoms with Crippen LogP contribution in [0.4, 0.5) is 0 Å². The van der Waals surface area contributed by atoms with Crippen LogP contribution in [0.5, 0.6) is 0 Å². The Morgan fingerprint density at radius 2 is 2.10 bits per heavy atom. The number of nitrogens with one attached hydrogen (secondary N) is 1. The molecule has 0 radical (unpaired) electrons. The Balaban J connectivity index is 1.44. The van der Waals surface area contributed by atoms with Gasteiger partial charge in [0.2, 0.25) is 17.6 Å². The molecule has 0 spiro atoms. The summed E-state index contributed by atoms with van der Waals surface area (Å²) < 4.78 is 7.35. The predicted octanol–water partition coefficient (Wildman–Crippen LogP) is 3.86. The van der Waals surface area contributed by atoms with Gasteiger partial charge in [-0.2, -0.15) is 4.98 Å². The molecule has 158 valence electrons. The van der Waals surface area contributed by atoms with Gasteiger partial charge in [-0.25, -0.2) is 0 Å². The molecule has 4 rings (SSSR count). The number of benzene rings is 1. The van der Waals surface area contributed by atoms with Gasteiger partial charge < -0.3 is 9.84 Å². The third-order valence-corrected chi connectivity index (χ3v) is 6.20. The maximum absolute atomic E-state index is 12.3. The number of amides is 1. The van der Waals surface area contributed by atoms with Gasteiger partial charge in [0.05, 0.1) is 5.75 Å². The molecule has 9 heteroatoms. The van der Waals surface area contributed by atoms with Crippen molar-refractivity contribution in [2.75, 3.05) is 5.75 Å². The van der Waals surface area contributed by atoms with Crippen molar-refractivity contribution in [2.24, 2.45) is 0 Å². The molecule has 1 aliphatic carbocycles. The van der Waals surface area contributed by atoms with Gasteiger partial charge in [0.1, 0.15) is 0 Å². The minimum atomic E-state index is 0.0404. The topological polar surface area (TPSA) is 98.7 Å². The highest BCUT2D eigenvalue weighted by Gasteiger charge is 2.21. The van der Waals surface area contributed by atoms with E-state index in [0.717, 1.165) is 24.0 Å². The zero-order valence-electron chi connectivity index (χ0n) is 17.3. The Morgan fingerprint density at radius 1 is 1.27 bits per heavy atom. The predicted molar refractivity (Wildman–Crippen MR) is 115 cm³/mol. The number of carbonyl (C=O) groups is 1. The Hall–Kier alpha value is -2.68. The van der Waals surface area contributed by atoms with Crippen LogP contribution in [0.15, 0.2) is 33.9 Å². The van der Waals surface area contributed by atoms with Crippen LogP contribution in [0.25, 0.3) is 23.1 Å². The van der Waals surface area contributed by atoms with Crippen LogP contribution in [0.1, 0.15) is 44.6 Å². The van der Waals surface area contributed by atoms with Gasteiger partial charge in [0.15, 0.2) is 5.16 Å². The number of aryl methyl sites for hydroxylation is 1. The van der Waals surface area contributed by atoms with Crippen LogP contribution in [-0.4, -0.2) is 42.6 Å². The fourth-order valence-electron chi connectivity index (χ4n) is 3.70. The molecule has 0 unspecified atom stereocenters. The second-order valence-electron chi connectivity index (χ2n) is 7.53. The molecule has 2 aromatic heterocycles. The summed E-state index contributed by atoms with van der Waals surface area (Å²) in [5.41, 5.74) is 2.02. The Kier molecular flexibility index (Phi) is 6.47. The van der Waals surface area contributed by atoms with Crippen LogP contribution < -0.4 is 5.32 Å². The van der Waals surface area contributed by atoms with E-state index in [-0.39, 0.29) is 5.91 Å². The van der Waals surface area contributed by atoms with Crippen molar-refractivity contribution in [3.8, 4) is 23.1 Å². The Labute approximate surface area is 179 Å². The van der Waals surface area contributed by atoms with E-state index in [2.05, 4.69) is 25.7 Å². The normalized spacial score (nSPS) is 14.7. The van der Waals surface area contributed by atoms with Crippen LogP contribution in [-0.2, 0) is 11.3 Å². The first-order chi connectivity index (χ1) is 14.6. The first-order valence-corrected chi connectivity index (χ1v) is 11.4. The second-order valence-corrected chi connectivity index (χ2v) is 8.48. The van der Waals surface area contributed by atoms with Crippen LogP contribution in [0.3, 0.4) is 0 Å². The van der Waals surface area contributed by atoms with Gasteiger partial charge in [-0.15, -0.1) is 10.2 Å². The number of aromatic nitrogens is 5. The van der Waals surface area contributed by atoms with Crippen LogP contribution >= 0.6 is 11.8 Å². The maximum Gasteiger partial charge on any atom is 0.296 e. The lowest BCUT2D eigenvalue weighted by atomic mass is 9.95. The zero-order chi connectivity index (χ0) is 20.9. The lowest BCUT2D eigenvalue weighted by Gasteiger charge is -2.22. The van der Waals surface area contributed by atoms with Crippen molar-refractivity contribution in [1.82, 2.24) is 30.2 Å². The maximum atomic E-state index is 12.3. The molecule has 1 N–H and O–H groups in total. The standard InChI is InChI=1S/C21H26N6O2S/c1-3-27-19(20-23-18(26-29-20)15-9-7-8-14(2)12-15)24-25-21(27)30-13-17(28)22-16-10-5-4-6-11-16/h7-9,12,16H,3-6,10-11,13H2,1-2H3,(H,22,28). The lowest BCUT2D eigenvalue weighted by Crippen LogP contribution is -2.37. The lowest BCUT2D eigenvalue weighted by molar-refractivity contribution is -0.119. The van der Waals surface area contributed by atoms with E-state index >= 15 is 0 Å². The number of hydrogen-bond donors (Lipinski definition) is 1. The SMILES string of the molecule is CCn1c(SCC(=O)NC2CCCCC2)nnc1-c1nc(-c2cccc(C)c2)no1. The van der Waals surface area contributed by atoms with E-state index < -0.39 is 0 Å². The molecule has 8 nitrogen and oxygen atoms in total. The highest BCUT2D eigenvalue weighted by Crippen LogP contribution is 2.25. The average molecular weight is 427 g/mol. The van der Waals surface area contributed by atoms with Crippen LogP contribution in [0.2, 0.25) is 0 Å². The molecule has 1 aliphatic rings. The molecule has 1 aromatic carbocycles. The minimum Gasteiger partial charge on any atom is -0.353 e. The Bertz CT molecular complexity index is 1010. The van der Waals surface area contributed by atoms with Gasteiger partial charge in [0, 0.05) is 18.2 Å². The number of nitrogens with zero attached hydrogens (tertiary/aromatic N) is 5. The molecule has 1 fully saturated rings.